The van der Waals surface area contributed by atoms with E-state index in [2.05, 4.69) is 88.5 Å². The summed E-state index contributed by atoms with van der Waals surface area (Å²) in [4.78, 5) is 30.7. The van der Waals surface area contributed by atoms with Gasteiger partial charge in [0.2, 0.25) is 5.82 Å². The van der Waals surface area contributed by atoms with Crippen LogP contribution in [0.25, 0.3) is 0 Å². The number of rotatable bonds is 8. The van der Waals surface area contributed by atoms with Gasteiger partial charge >= 0.3 is 6.09 Å². The van der Waals surface area contributed by atoms with Crippen LogP contribution in [-0.4, -0.2) is 86.4 Å². The first-order valence-corrected chi connectivity index (χ1v) is 24.2. The number of alkyl halides is 2. The van der Waals surface area contributed by atoms with E-state index in [0.29, 0.717) is 53.6 Å². The second-order valence-corrected chi connectivity index (χ2v) is 19.9. The number of hydrogen-bond acceptors (Lipinski definition) is 6. The van der Waals surface area contributed by atoms with E-state index in [9.17, 15) is 18.4 Å². The van der Waals surface area contributed by atoms with E-state index in [1.165, 1.54) is 57.3 Å². The molecular formula is C49H86BF2N3O3S. The number of halogens is 2. The lowest BCUT2D eigenvalue weighted by Crippen LogP contribution is -2.51. The third-order valence-corrected chi connectivity index (χ3v) is 14.5. The summed E-state index contributed by atoms with van der Waals surface area (Å²) in [6.45, 7) is 28.8. The van der Waals surface area contributed by atoms with Crippen molar-refractivity contribution in [1.29, 1.82) is 0 Å². The SMILES string of the molecule is CC.CC.CCC(C)(C)C.CCc1cc2c(cc1OC(=O)NC1CCN(C3CCN(C)CC3)CC1)CCC1C2CCC2(C)C(=O)CCC12.[B]C(F)(F)C(C)(C)CCCS. The topological polar surface area (TPSA) is 61.9 Å². The van der Waals surface area contributed by atoms with E-state index in [0.717, 1.165) is 82.2 Å². The number of hydrogen-bond donors (Lipinski definition) is 2. The molecule has 6 nitrogen and oxygen atoms in total. The van der Waals surface area contributed by atoms with Crippen LogP contribution in [0.3, 0.4) is 0 Å². The third-order valence-electron chi connectivity index (χ3n) is 14.2. The van der Waals surface area contributed by atoms with Crippen LogP contribution in [0.2, 0.25) is 0 Å². The molecule has 3 aliphatic carbocycles. The van der Waals surface area contributed by atoms with Gasteiger partial charge in [-0.05, 0) is 149 Å². The Hall–Kier alpha value is -1.65. The normalized spacial score (nSPS) is 25.2. The van der Waals surface area contributed by atoms with Crippen molar-refractivity contribution in [3.05, 3.63) is 28.8 Å². The zero-order valence-electron chi connectivity index (χ0n) is 39.9. The molecule has 0 bridgehead atoms. The molecule has 1 aromatic rings. The van der Waals surface area contributed by atoms with E-state index in [-0.39, 0.29) is 17.6 Å². The van der Waals surface area contributed by atoms with Crippen molar-refractivity contribution in [1.82, 2.24) is 15.1 Å². The number of thiol groups is 1. The molecule has 6 rings (SSSR count). The first-order chi connectivity index (χ1) is 27.7. The summed E-state index contributed by atoms with van der Waals surface area (Å²) in [7, 11) is 6.91. The molecule has 4 atom stereocenters. The van der Waals surface area contributed by atoms with Crippen molar-refractivity contribution in [3.8, 4) is 5.75 Å². The smallest absolute Gasteiger partial charge is 0.410 e. The number of benzene rings is 1. The number of carbonyl (C=O) groups excluding carboxylic acids is 2. The van der Waals surface area contributed by atoms with Gasteiger partial charge in [0.25, 0.3) is 0 Å². The molecule has 10 heteroatoms. The number of piperidine rings is 2. The van der Waals surface area contributed by atoms with Crippen LogP contribution in [0.4, 0.5) is 13.6 Å². The minimum Gasteiger partial charge on any atom is -0.410 e. The Morgan fingerprint density at radius 1 is 0.932 bits per heavy atom. The first kappa shape index (κ1) is 53.5. The van der Waals surface area contributed by atoms with Crippen LogP contribution in [0.1, 0.15) is 183 Å². The van der Waals surface area contributed by atoms with Gasteiger partial charge in [-0.25, -0.2) is 13.6 Å². The fourth-order valence-corrected chi connectivity index (χ4v) is 9.70. The summed E-state index contributed by atoms with van der Waals surface area (Å²) >= 11 is 3.94. The van der Waals surface area contributed by atoms with Crippen LogP contribution in [-0.2, 0) is 17.6 Å². The van der Waals surface area contributed by atoms with Crippen molar-refractivity contribution in [3.63, 3.8) is 0 Å². The maximum absolute atomic E-state index is 13.0. The molecule has 2 saturated heterocycles. The second kappa shape index (κ2) is 24.3. The van der Waals surface area contributed by atoms with Gasteiger partial charge in [-0.2, -0.15) is 12.6 Å². The quantitative estimate of drug-likeness (QED) is 0.202. The number of Topliss-reactive ketones (excluding diaryl/α,β-unsaturated/α-hetero) is 1. The molecule has 59 heavy (non-hydrogen) atoms. The molecule has 338 valence electrons. The van der Waals surface area contributed by atoms with Crippen molar-refractivity contribution in [2.75, 3.05) is 39.0 Å². The molecule has 4 unspecified atom stereocenters. The minimum absolute atomic E-state index is 0.0866. The van der Waals surface area contributed by atoms with Crippen molar-refractivity contribution >= 4 is 32.4 Å². The standard InChI is InChI=1S/C32H47N3O3.C7H13BF2S.C6H14.2C2H6/c1-4-21-19-27-22(5-6-26-25(27)9-14-32(2)28(26)7-8-30(32)36)20-29(21)38-31(37)33-23-10-17-35(18-11-23)24-12-15-34(3)16-13-24;1-6(2,4-3-5-11)7(8,9)10;1-5-6(2,3)4;2*1-2/h19-20,23-26,28H,4-18H2,1-3H3,(H,33,37);11H,3-5H2,1-2H3;5H2,1-4H3;2*1-2H3. The lowest BCUT2D eigenvalue weighted by Gasteiger charge is -2.48. The highest BCUT2D eigenvalue weighted by atomic mass is 32.1. The lowest BCUT2D eigenvalue weighted by molar-refractivity contribution is -0.129. The van der Waals surface area contributed by atoms with Gasteiger partial charge in [0, 0.05) is 42.4 Å². The highest BCUT2D eigenvalue weighted by molar-refractivity contribution is 7.80. The van der Waals surface area contributed by atoms with Crippen LogP contribution >= 0.6 is 12.6 Å². The van der Waals surface area contributed by atoms with E-state index in [1.54, 1.807) is 0 Å². The number of carbonyl (C=O) groups is 2. The molecule has 5 aliphatic rings. The van der Waals surface area contributed by atoms with Gasteiger partial charge in [0.1, 0.15) is 11.5 Å². The summed E-state index contributed by atoms with van der Waals surface area (Å²) in [5.41, 5.74) is 3.29. The Bertz CT molecular complexity index is 1420. The molecule has 2 radical (unpaired) electrons. The van der Waals surface area contributed by atoms with Crippen molar-refractivity contribution in [2.45, 2.75) is 197 Å². The van der Waals surface area contributed by atoms with Gasteiger partial charge in [-0.1, -0.05) is 95.6 Å². The summed E-state index contributed by atoms with van der Waals surface area (Å²) in [5.74, 6) is 0.485. The lowest BCUT2D eigenvalue weighted by atomic mass is 9.55. The Kier molecular flexibility index (Phi) is 22.0. The summed E-state index contributed by atoms with van der Waals surface area (Å²) < 4.78 is 31.1. The number of amides is 1. The van der Waals surface area contributed by atoms with Gasteiger partial charge < -0.3 is 19.9 Å². The number of nitrogens with zero attached hydrogens (tertiary/aromatic N) is 2. The summed E-state index contributed by atoms with van der Waals surface area (Å²) in [6, 6.07) is 5.40. The minimum atomic E-state index is -3.09. The monoisotopic (exact) mass is 846 g/mol. The molecule has 1 aromatic carbocycles. The molecular weight excluding hydrogens is 759 g/mol. The van der Waals surface area contributed by atoms with Crippen LogP contribution in [0.15, 0.2) is 12.1 Å². The Morgan fingerprint density at radius 2 is 1.53 bits per heavy atom. The van der Waals surface area contributed by atoms with E-state index in [1.807, 2.05) is 27.7 Å². The highest BCUT2D eigenvalue weighted by Crippen LogP contribution is 2.59. The number of likely N-dealkylation sites (tertiary alicyclic amines) is 2. The van der Waals surface area contributed by atoms with E-state index in [4.69, 9.17) is 12.6 Å². The average molecular weight is 846 g/mol. The fourth-order valence-electron chi connectivity index (χ4n) is 9.54. The summed E-state index contributed by atoms with van der Waals surface area (Å²) in [6.07, 6.45) is 13.6. The van der Waals surface area contributed by atoms with Gasteiger partial charge in [0.05, 0.1) is 0 Å². The van der Waals surface area contributed by atoms with Crippen LogP contribution < -0.4 is 10.1 Å². The first-order valence-electron chi connectivity index (χ1n) is 23.6. The number of ketones is 1. The molecule has 1 amide bonds. The molecule has 0 aromatic heterocycles. The summed E-state index contributed by atoms with van der Waals surface area (Å²) in [5, 5.41) is 3.18. The number of aryl methyl sites for hydroxylation is 2. The zero-order chi connectivity index (χ0) is 44.8. The fraction of sp³-hybridized carbons (Fsp3) is 0.837. The maximum atomic E-state index is 13.0. The Morgan fingerprint density at radius 3 is 2.05 bits per heavy atom. The number of fused-ring (bicyclic) bond motifs is 5. The predicted octanol–water partition coefficient (Wildman–Crippen LogP) is 12.3. The predicted molar refractivity (Wildman–Crippen MR) is 250 cm³/mol. The number of nitrogens with one attached hydrogen (secondary N) is 1. The largest absolute Gasteiger partial charge is 0.412 e. The number of ether oxygens (including phenoxy) is 1. The second-order valence-electron chi connectivity index (χ2n) is 19.5. The molecule has 0 spiro atoms. The van der Waals surface area contributed by atoms with Crippen molar-refractivity contribution < 1.29 is 23.1 Å². The third kappa shape index (κ3) is 15.0. The zero-order valence-corrected chi connectivity index (χ0v) is 40.8. The Balaban J connectivity index is 0.000000477. The van der Waals surface area contributed by atoms with E-state index < -0.39 is 11.2 Å². The highest BCUT2D eigenvalue weighted by Gasteiger charge is 2.54. The van der Waals surface area contributed by atoms with Gasteiger partial charge in [-0.15, -0.1) is 0 Å². The molecule has 2 aliphatic heterocycles. The van der Waals surface area contributed by atoms with E-state index >= 15 is 0 Å². The van der Waals surface area contributed by atoms with Crippen LogP contribution in [0.5, 0.6) is 5.75 Å². The van der Waals surface area contributed by atoms with Gasteiger partial charge in [-0.3, -0.25) is 4.79 Å². The maximum Gasteiger partial charge on any atom is 0.412 e. The molecule has 1 N–H and O–H groups in total. The molecule has 2 heterocycles. The Labute approximate surface area is 367 Å². The van der Waals surface area contributed by atoms with Gasteiger partial charge in [0.15, 0.2) is 7.85 Å². The molecule has 2 saturated carbocycles. The molecule has 4 fully saturated rings. The van der Waals surface area contributed by atoms with Crippen LogP contribution in [0, 0.1) is 28.1 Å². The van der Waals surface area contributed by atoms with Crippen molar-refractivity contribution in [2.24, 2.45) is 28.1 Å². The average Bonchev–Trinajstić information content (AvgIpc) is 3.52.